The molecule has 2 nitrogen and oxygen atoms in total. The molecule has 1 aromatic carbocycles. The quantitative estimate of drug-likeness (QED) is 0.921. The Balaban J connectivity index is 1.99. The Kier molecular flexibility index (Phi) is 4.38. The monoisotopic (exact) mass is 283 g/mol. The molecule has 16 heavy (non-hydrogen) atoms. The van der Waals surface area contributed by atoms with Gasteiger partial charge in [-0.05, 0) is 37.6 Å². The van der Waals surface area contributed by atoms with Crippen LogP contribution in [-0.2, 0) is 11.2 Å². The first-order chi connectivity index (χ1) is 7.79. The van der Waals surface area contributed by atoms with Crippen molar-refractivity contribution < 1.29 is 4.74 Å². The lowest BCUT2D eigenvalue weighted by atomic mass is 9.89. The van der Waals surface area contributed by atoms with E-state index in [1.165, 1.54) is 5.56 Å². The van der Waals surface area contributed by atoms with Crippen LogP contribution in [0.1, 0.15) is 12.0 Å². The summed E-state index contributed by atoms with van der Waals surface area (Å²) in [4.78, 5) is 0. The van der Waals surface area contributed by atoms with Crippen LogP contribution in [-0.4, -0.2) is 26.3 Å². The van der Waals surface area contributed by atoms with Crippen molar-refractivity contribution in [3.8, 4) is 0 Å². The summed E-state index contributed by atoms with van der Waals surface area (Å²) in [7, 11) is 2.05. The number of benzene rings is 1. The highest BCUT2D eigenvalue weighted by Gasteiger charge is 2.24. The van der Waals surface area contributed by atoms with Crippen LogP contribution in [0.15, 0.2) is 28.7 Å². The Labute approximate surface area is 106 Å². The van der Waals surface area contributed by atoms with Crippen molar-refractivity contribution in [2.45, 2.75) is 18.9 Å². The Hall–Kier alpha value is -0.380. The van der Waals surface area contributed by atoms with Gasteiger partial charge < -0.3 is 10.1 Å². The molecule has 0 radical (unpaired) electrons. The molecule has 1 aliphatic heterocycles. The molecule has 0 bridgehead atoms. The molecule has 1 aliphatic rings. The van der Waals surface area contributed by atoms with Crippen LogP contribution < -0.4 is 5.32 Å². The van der Waals surface area contributed by atoms with E-state index in [4.69, 9.17) is 4.74 Å². The van der Waals surface area contributed by atoms with Gasteiger partial charge in [-0.3, -0.25) is 0 Å². The van der Waals surface area contributed by atoms with Crippen LogP contribution in [0.5, 0.6) is 0 Å². The van der Waals surface area contributed by atoms with Gasteiger partial charge >= 0.3 is 0 Å². The normalized spacial score (nSPS) is 25.6. The number of ether oxygens (including phenoxy) is 1. The predicted molar refractivity (Wildman–Crippen MR) is 69.6 cm³/mol. The fourth-order valence-corrected chi connectivity index (χ4v) is 2.57. The van der Waals surface area contributed by atoms with E-state index in [1.54, 1.807) is 0 Å². The maximum absolute atomic E-state index is 5.56. The van der Waals surface area contributed by atoms with Gasteiger partial charge in [-0.2, -0.15) is 0 Å². The molecule has 1 aromatic rings. The molecule has 2 unspecified atom stereocenters. The third-order valence-corrected chi connectivity index (χ3v) is 3.78. The molecule has 2 atom stereocenters. The Morgan fingerprint density at radius 3 is 2.81 bits per heavy atom. The Morgan fingerprint density at radius 2 is 2.12 bits per heavy atom. The van der Waals surface area contributed by atoms with E-state index in [1.807, 2.05) is 7.05 Å². The summed E-state index contributed by atoms with van der Waals surface area (Å²) < 4.78 is 6.70. The second-order valence-electron chi connectivity index (χ2n) is 4.35. The lowest BCUT2D eigenvalue weighted by Crippen LogP contribution is -2.41. The van der Waals surface area contributed by atoms with Crippen LogP contribution in [0, 0.1) is 5.92 Å². The molecule has 2 rings (SSSR count). The Morgan fingerprint density at radius 1 is 1.38 bits per heavy atom. The largest absolute Gasteiger partial charge is 0.381 e. The van der Waals surface area contributed by atoms with E-state index in [-0.39, 0.29) is 0 Å². The zero-order valence-corrected chi connectivity index (χ0v) is 11.2. The first kappa shape index (κ1) is 12.1. The predicted octanol–water partition coefficient (Wildman–Crippen LogP) is 2.62. The fraction of sp³-hybridized carbons (Fsp3) is 0.538. The first-order valence-electron chi connectivity index (χ1n) is 5.79. The highest BCUT2D eigenvalue weighted by Crippen LogP contribution is 2.20. The van der Waals surface area contributed by atoms with Gasteiger partial charge in [0.15, 0.2) is 0 Å². The van der Waals surface area contributed by atoms with E-state index < -0.39 is 0 Å². The number of rotatable bonds is 3. The average molecular weight is 284 g/mol. The minimum absolute atomic E-state index is 0.595. The molecular formula is C13H18BrNO. The van der Waals surface area contributed by atoms with Crippen molar-refractivity contribution in [3.05, 3.63) is 34.3 Å². The fourth-order valence-electron chi connectivity index (χ4n) is 2.30. The van der Waals surface area contributed by atoms with Gasteiger partial charge in [0.25, 0.3) is 0 Å². The van der Waals surface area contributed by atoms with Crippen molar-refractivity contribution >= 4 is 15.9 Å². The van der Waals surface area contributed by atoms with Gasteiger partial charge in [-0.15, -0.1) is 0 Å². The molecule has 1 heterocycles. The van der Waals surface area contributed by atoms with Crippen LogP contribution in [0.25, 0.3) is 0 Å². The Bertz CT molecular complexity index is 325. The number of nitrogens with one attached hydrogen (secondary N) is 1. The molecule has 88 valence electrons. The first-order valence-corrected chi connectivity index (χ1v) is 6.58. The van der Waals surface area contributed by atoms with E-state index >= 15 is 0 Å². The summed E-state index contributed by atoms with van der Waals surface area (Å²) in [5.41, 5.74) is 1.39. The molecule has 1 N–H and O–H groups in total. The average Bonchev–Trinajstić information content (AvgIpc) is 2.33. The molecule has 1 fully saturated rings. The van der Waals surface area contributed by atoms with Gasteiger partial charge in [0.1, 0.15) is 0 Å². The van der Waals surface area contributed by atoms with Crippen molar-refractivity contribution in [2.75, 3.05) is 20.3 Å². The summed E-state index contributed by atoms with van der Waals surface area (Å²) >= 11 is 3.46. The van der Waals surface area contributed by atoms with Gasteiger partial charge in [0, 0.05) is 23.0 Å². The number of hydrogen-bond acceptors (Lipinski definition) is 2. The van der Waals surface area contributed by atoms with Crippen LogP contribution in [0.3, 0.4) is 0 Å². The molecule has 0 aliphatic carbocycles. The number of halogens is 1. The molecule has 0 saturated carbocycles. The zero-order valence-electron chi connectivity index (χ0n) is 9.58. The van der Waals surface area contributed by atoms with Crippen molar-refractivity contribution in [3.63, 3.8) is 0 Å². The smallest absolute Gasteiger partial charge is 0.0512 e. The second-order valence-corrected chi connectivity index (χ2v) is 5.27. The van der Waals surface area contributed by atoms with Crippen LogP contribution in [0.4, 0.5) is 0 Å². The summed E-state index contributed by atoms with van der Waals surface area (Å²) in [5.74, 6) is 0.597. The lowest BCUT2D eigenvalue weighted by molar-refractivity contribution is 0.0342. The summed E-state index contributed by atoms with van der Waals surface area (Å²) in [6.07, 6.45) is 2.22. The SMILES string of the molecule is CNC1CCOCC1Cc1ccc(Br)cc1. The highest BCUT2D eigenvalue weighted by molar-refractivity contribution is 9.10. The lowest BCUT2D eigenvalue weighted by Gasteiger charge is -2.31. The van der Waals surface area contributed by atoms with E-state index in [0.29, 0.717) is 12.0 Å². The van der Waals surface area contributed by atoms with Gasteiger partial charge in [0.2, 0.25) is 0 Å². The summed E-state index contributed by atoms with van der Waals surface area (Å²) in [6.45, 7) is 1.77. The summed E-state index contributed by atoms with van der Waals surface area (Å²) in [5, 5.41) is 3.40. The summed E-state index contributed by atoms with van der Waals surface area (Å²) in [6, 6.07) is 9.18. The standard InChI is InChI=1S/C13H18BrNO/c1-15-13-6-7-16-9-11(13)8-10-2-4-12(14)5-3-10/h2-5,11,13,15H,6-9H2,1H3. The molecule has 3 heteroatoms. The van der Waals surface area contributed by atoms with E-state index in [9.17, 15) is 0 Å². The highest BCUT2D eigenvalue weighted by atomic mass is 79.9. The van der Waals surface area contributed by atoms with E-state index in [0.717, 1.165) is 30.5 Å². The minimum Gasteiger partial charge on any atom is -0.381 e. The molecule has 1 saturated heterocycles. The van der Waals surface area contributed by atoms with Gasteiger partial charge in [0.05, 0.1) is 6.61 Å². The van der Waals surface area contributed by atoms with E-state index in [2.05, 4.69) is 45.5 Å². The second kappa shape index (κ2) is 5.80. The van der Waals surface area contributed by atoms with Crippen LogP contribution in [0.2, 0.25) is 0 Å². The molecule has 0 amide bonds. The minimum atomic E-state index is 0.595. The molecule has 0 aromatic heterocycles. The maximum atomic E-state index is 5.56. The molecular weight excluding hydrogens is 266 g/mol. The third-order valence-electron chi connectivity index (χ3n) is 3.26. The topological polar surface area (TPSA) is 21.3 Å². The van der Waals surface area contributed by atoms with Crippen LogP contribution >= 0.6 is 15.9 Å². The van der Waals surface area contributed by atoms with Crippen molar-refractivity contribution in [2.24, 2.45) is 5.92 Å². The maximum Gasteiger partial charge on any atom is 0.0512 e. The van der Waals surface area contributed by atoms with Crippen molar-refractivity contribution in [1.29, 1.82) is 0 Å². The molecule has 0 spiro atoms. The van der Waals surface area contributed by atoms with Gasteiger partial charge in [-0.25, -0.2) is 0 Å². The van der Waals surface area contributed by atoms with Crippen molar-refractivity contribution in [1.82, 2.24) is 5.32 Å². The number of hydrogen-bond donors (Lipinski definition) is 1. The zero-order chi connectivity index (χ0) is 11.4. The van der Waals surface area contributed by atoms with Gasteiger partial charge in [-0.1, -0.05) is 28.1 Å². The third kappa shape index (κ3) is 3.06.